The van der Waals surface area contributed by atoms with E-state index in [0.717, 1.165) is 42.2 Å². The first kappa shape index (κ1) is 16.0. The molecule has 4 heterocycles. The molecular weight excluding hydrogens is 352 g/mol. The zero-order valence-corrected chi connectivity index (χ0v) is 15.3. The van der Waals surface area contributed by atoms with Crippen molar-refractivity contribution in [2.24, 2.45) is 0 Å². The number of aromatic nitrogens is 5. The molecule has 5 rings (SSSR count). The number of hydrogen-bond acceptors (Lipinski definition) is 5. The molecule has 0 bridgehead atoms. The summed E-state index contributed by atoms with van der Waals surface area (Å²) in [5.74, 6) is 0.617. The molecule has 1 N–H and O–H groups in total. The zero-order valence-electron chi connectivity index (χ0n) is 14.5. The van der Waals surface area contributed by atoms with E-state index in [2.05, 4.69) is 20.1 Å². The molecule has 9 heteroatoms. The van der Waals surface area contributed by atoms with E-state index in [9.17, 15) is 8.42 Å². The standard InChI is InChI=1S/C17H20N6O2S/c1-11-9-18-16-13(15(11)17-19-10-23(21-17)12-4-5-12)8-14(20-16)26(24,25)22-6-2-3-7-22/h8-10,12H,2-7H2,1H3,(H,18,20). The van der Waals surface area contributed by atoms with Crippen LogP contribution in [-0.2, 0) is 10.0 Å². The summed E-state index contributed by atoms with van der Waals surface area (Å²) in [5.41, 5.74) is 2.31. The Morgan fingerprint density at radius 2 is 1.96 bits per heavy atom. The third-order valence-electron chi connectivity index (χ3n) is 5.16. The average molecular weight is 372 g/mol. The molecule has 1 aliphatic heterocycles. The molecular formula is C17H20N6O2S. The Hall–Kier alpha value is -2.26. The molecule has 1 saturated heterocycles. The minimum absolute atomic E-state index is 0.190. The van der Waals surface area contributed by atoms with Crippen molar-refractivity contribution in [1.29, 1.82) is 0 Å². The summed E-state index contributed by atoms with van der Waals surface area (Å²) in [6.45, 7) is 3.09. The third kappa shape index (κ3) is 2.45. The van der Waals surface area contributed by atoms with Crippen molar-refractivity contribution in [3.63, 3.8) is 0 Å². The minimum Gasteiger partial charge on any atom is -0.329 e. The Kier molecular flexibility index (Phi) is 3.45. The zero-order chi connectivity index (χ0) is 17.9. The van der Waals surface area contributed by atoms with Gasteiger partial charge in [0.25, 0.3) is 10.0 Å². The highest BCUT2D eigenvalue weighted by molar-refractivity contribution is 7.89. The van der Waals surface area contributed by atoms with Crippen LogP contribution in [0.1, 0.15) is 37.3 Å². The lowest BCUT2D eigenvalue weighted by Crippen LogP contribution is -2.28. The van der Waals surface area contributed by atoms with E-state index in [1.165, 1.54) is 4.31 Å². The fourth-order valence-electron chi connectivity index (χ4n) is 3.56. The van der Waals surface area contributed by atoms with Gasteiger partial charge >= 0.3 is 0 Å². The lowest BCUT2D eigenvalue weighted by Gasteiger charge is -2.13. The number of nitrogens with one attached hydrogen (secondary N) is 1. The van der Waals surface area contributed by atoms with E-state index in [0.29, 0.717) is 30.6 Å². The van der Waals surface area contributed by atoms with E-state index in [1.54, 1.807) is 18.6 Å². The Balaban J connectivity index is 1.64. The fourth-order valence-corrected chi connectivity index (χ4v) is 5.07. The van der Waals surface area contributed by atoms with Crippen LogP contribution in [0.25, 0.3) is 22.4 Å². The Labute approximate surface area is 151 Å². The molecule has 0 spiro atoms. The van der Waals surface area contributed by atoms with Gasteiger partial charge in [-0.1, -0.05) is 0 Å². The van der Waals surface area contributed by atoms with Gasteiger partial charge in [-0.15, -0.1) is 0 Å². The number of aromatic amines is 1. The average Bonchev–Trinajstić information content (AvgIpc) is 3.08. The molecule has 0 radical (unpaired) electrons. The van der Waals surface area contributed by atoms with Crippen molar-refractivity contribution in [2.45, 2.75) is 43.7 Å². The van der Waals surface area contributed by atoms with E-state index in [1.807, 2.05) is 11.6 Å². The monoisotopic (exact) mass is 372 g/mol. The van der Waals surface area contributed by atoms with Gasteiger partial charge in [-0.05, 0) is 44.2 Å². The van der Waals surface area contributed by atoms with Crippen molar-refractivity contribution < 1.29 is 8.42 Å². The highest BCUT2D eigenvalue weighted by Gasteiger charge is 2.30. The van der Waals surface area contributed by atoms with Crippen LogP contribution in [0.2, 0.25) is 0 Å². The van der Waals surface area contributed by atoms with Gasteiger partial charge in [0.05, 0.1) is 6.04 Å². The first-order valence-corrected chi connectivity index (χ1v) is 10.4. The van der Waals surface area contributed by atoms with Crippen LogP contribution in [0.3, 0.4) is 0 Å². The van der Waals surface area contributed by atoms with Crippen LogP contribution in [0.15, 0.2) is 23.6 Å². The van der Waals surface area contributed by atoms with Crippen molar-refractivity contribution in [2.75, 3.05) is 13.1 Å². The predicted molar refractivity (Wildman–Crippen MR) is 96.1 cm³/mol. The number of H-pyrrole nitrogens is 1. The van der Waals surface area contributed by atoms with Gasteiger partial charge < -0.3 is 4.98 Å². The summed E-state index contributed by atoms with van der Waals surface area (Å²) >= 11 is 0. The number of sulfonamides is 1. The van der Waals surface area contributed by atoms with Crippen LogP contribution in [-0.4, -0.2) is 50.5 Å². The maximum Gasteiger partial charge on any atom is 0.258 e. The SMILES string of the molecule is Cc1cnc2[nH]c(S(=O)(=O)N3CCCC3)cc2c1-c1ncn(C2CC2)n1. The molecule has 0 atom stereocenters. The normalized spacial score (nSPS) is 18.8. The molecule has 26 heavy (non-hydrogen) atoms. The van der Waals surface area contributed by atoms with Crippen LogP contribution in [0, 0.1) is 6.92 Å². The molecule has 8 nitrogen and oxygen atoms in total. The summed E-state index contributed by atoms with van der Waals surface area (Å²) in [6.07, 6.45) is 7.58. The first-order chi connectivity index (χ1) is 12.5. The largest absolute Gasteiger partial charge is 0.329 e. The summed E-state index contributed by atoms with van der Waals surface area (Å²) in [5, 5.41) is 5.54. The number of aryl methyl sites for hydroxylation is 1. The second-order valence-electron chi connectivity index (χ2n) is 7.10. The van der Waals surface area contributed by atoms with Gasteiger partial charge in [0, 0.05) is 30.2 Å². The van der Waals surface area contributed by atoms with E-state index >= 15 is 0 Å². The smallest absolute Gasteiger partial charge is 0.258 e. The number of fused-ring (bicyclic) bond motifs is 1. The summed E-state index contributed by atoms with van der Waals surface area (Å²) in [6, 6.07) is 2.13. The van der Waals surface area contributed by atoms with Crippen molar-refractivity contribution in [1.82, 2.24) is 29.0 Å². The first-order valence-electron chi connectivity index (χ1n) is 8.94. The molecule has 3 aromatic rings. The van der Waals surface area contributed by atoms with E-state index < -0.39 is 10.0 Å². The Morgan fingerprint density at radius 1 is 1.19 bits per heavy atom. The van der Waals surface area contributed by atoms with Gasteiger partial charge in [0.1, 0.15) is 17.0 Å². The maximum atomic E-state index is 12.9. The van der Waals surface area contributed by atoms with Gasteiger partial charge in [-0.2, -0.15) is 9.40 Å². The van der Waals surface area contributed by atoms with Gasteiger partial charge in [-0.25, -0.2) is 23.1 Å². The topological polar surface area (TPSA) is 96.8 Å². The second-order valence-corrected chi connectivity index (χ2v) is 9.01. The highest BCUT2D eigenvalue weighted by atomic mass is 32.2. The minimum atomic E-state index is -3.52. The molecule has 0 unspecified atom stereocenters. The van der Waals surface area contributed by atoms with Crippen LogP contribution >= 0.6 is 0 Å². The predicted octanol–water partition coefficient (Wildman–Crippen LogP) is 2.25. The molecule has 2 fully saturated rings. The lowest BCUT2D eigenvalue weighted by atomic mass is 10.1. The molecule has 1 aliphatic carbocycles. The highest BCUT2D eigenvalue weighted by Crippen LogP contribution is 2.36. The van der Waals surface area contributed by atoms with Gasteiger partial charge in [0.15, 0.2) is 5.82 Å². The second kappa shape index (κ2) is 5.62. The number of nitrogens with zero attached hydrogens (tertiary/aromatic N) is 5. The number of pyridine rings is 1. The summed E-state index contributed by atoms with van der Waals surface area (Å²) < 4.78 is 29.2. The van der Waals surface area contributed by atoms with E-state index in [-0.39, 0.29) is 5.03 Å². The van der Waals surface area contributed by atoms with E-state index in [4.69, 9.17) is 0 Å². The molecule has 3 aromatic heterocycles. The number of rotatable bonds is 4. The lowest BCUT2D eigenvalue weighted by molar-refractivity contribution is 0.475. The molecule has 1 saturated carbocycles. The Morgan fingerprint density at radius 3 is 2.69 bits per heavy atom. The Bertz CT molecular complexity index is 1090. The number of hydrogen-bond donors (Lipinski definition) is 1. The van der Waals surface area contributed by atoms with Crippen LogP contribution in [0.4, 0.5) is 0 Å². The van der Waals surface area contributed by atoms with Gasteiger partial charge in [-0.3, -0.25) is 0 Å². The van der Waals surface area contributed by atoms with Crippen molar-refractivity contribution in [3.05, 3.63) is 24.2 Å². The molecule has 2 aliphatic rings. The summed E-state index contributed by atoms with van der Waals surface area (Å²) in [7, 11) is -3.52. The van der Waals surface area contributed by atoms with Crippen LogP contribution in [0.5, 0.6) is 0 Å². The molecule has 0 aromatic carbocycles. The molecule has 0 amide bonds. The van der Waals surface area contributed by atoms with Gasteiger partial charge in [0.2, 0.25) is 0 Å². The summed E-state index contributed by atoms with van der Waals surface area (Å²) in [4.78, 5) is 11.8. The van der Waals surface area contributed by atoms with Crippen molar-refractivity contribution in [3.8, 4) is 11.4 Å². The fraction of sp³-hybridized carbons (Fsp3) is 0.471. The maximum absolute atomic E-state index is 12.9. The third-order valence-corrected chi connectivity index (χ3v) is 6.98. The molecule has 136 valence electrons. The quantitative estimate of drug-likeness (QED) is 0.758. The van der Waals surface area contributed by atoms with Crippen molar-refractivity contribution >= 4 is 21.1 Å². The van der Waals surface area contributed by atoms with Crippen LogP contribution < -0.4 is 0 Å².